The Morgan fingerprint density at radius 1 is 1.42 bits per heavy atom. The van der Waals surface area contributed by atoms with Crippen LogP contribution in [0.1, 0.15) is 0 Å². The number of benzene rings is 1. The van der Waals surface area contributed by atoms with Gasteiger partial charge in [-0.05, 0) is 18.4 Å². The van der Waals surface area contributed by atoms with Gasteiger partial charge in [0.05, 0.1) is 11.7 Å². The second-order valence-electron chi connectivity index (χ2n) is 2.69. The third-order valence-corrected chi connectivity index (χ3v) is 2.68. The minimum absolute atomic E-state index is 1.20. The van der Waals surface area contributed by atoms with Crippen molar-refractivity contribution in [2.45, 2.75) is 4.90 Å². The Kier molecular flexibility index (Phi) is 1.81. The predicted molar refractivity (Wildman–Crippen MR) is 52.5 cm³/mol. The number of thioether (sulfide) groups is 1. The molecule has 0 amide bonds. The maximum absolute atomic E-state index is 4.18. The summed E-state index contributed by atoms with van der Waals surface area (Å²) >= 11 is 1.75. The molecule has 0 aliphatic heterocycles. The van der Waals surface area contributed by atoms with E-state index in [1.165, 1.54) is 15.8 Å². The second-order valence-corrected chi connectivity index (χ2v) is 3.57. The van der Waals surface area contributed by atoms with Gasteiger partial charge in [-0.15, -0.1) is 11.8 Å². The normalized spacial score (nSPS) is 10.8. The van der Waals surface area contributed by atoms with E-state index in [9.17, 15) is 0 Å². The Morgan fingerprint density at radius 3 is 3.00 bits per heavy atom. The lowest BCUT2D eigenvalue weighted by molar-refractivity contribution is 0.796. The highest BCUT2D eigenvalue weighted by molar-refractivity contribution is 7.98. The van der Waals surface area contributed by atoms with Crippen LogP contribution in [0.5, 0.6) is 0 Å². The molecule has 1 aromatic heterocycles. The summed E-state index contributed by atoms with van der Waals surface area (Å²) < 4.78 is 1.90. The van der Waals surface area contributed by atoms with Crippen LogP contribution in [-0.4, -0.2) is 16.0 Å². The molecule has 0 saturated carbocycles. The third kappa shape index (κ3) is 1.10. The van der Waals surface area contributed by atoms with E-state index in [0.717, 1.165) is 0 Å². The second kappa shape index (κ2) is 2.83. The maximum Gasteiger partial charge on any atom is 0.0690 e. The van der Waals surface area contributed by atoms with Gasteiger partial charge < -0.3 is 0 Å². The molecule has 0 fully saturated rings. The third-order valence-electron chi connectivity index (χ3n) is 1.96. The van der Waals surface area contributed by atoms with Crippen LogP contribution in [0.4, 0.5) is 0 Å². The lowest BCUT2D eigenvalue weighted by Gasteiger charge is -1.97. The monoisotopic (exact) mass is 178 g/mol. The van der Waals surface area contributed by atoms with E-state index in [-0.39, 0.29) is 0 Å². The van der Waals surface area contributed by atoms with Crippen LogP contribution in [0, 0.1) is 0 Å². The van der Waals surface area contributed by atoms with Crippen molar-refractivity contribution in [2.75, 3.05) is 6.26 Å². The fourth-order valence-corrected chi connectivity index (χ4v) is 1.68. The Hall–Kier alpha value is -0.960. The van der Waals surface area contributed by atoms with Gasteiger partial charge in [0, 0.05) is 17.3 Å². The first-order chi connectivity index (χ1) is 5.81. The van der Waals surface area contributed by atoms with Crippen molar-refractivity contribution in [3.63, 3.8) is 0 Å². The fourth-order valence-electron chi connectivity index (χ4n) is 1.25. The van der Waals surface area contributed by atoms with Gasteiger partial charge in [0.2, 0.25) is 0 Å². The lowest BCUT2D eigenvalue weighted by Crippen LogP contribution is -1.88. The highest BCUT2D eigenvalue weighted by Crippen LogP contribution is 2.20. The molecule has 0 saturated heterocycles. The standard InChI is InChI=1S/C9H10N2S/c1-11-9-5-8(12-2)4-3-7(9)6-10-11/h3-6H,1-2H3. The van der Waals surface area contributed by atoms with E-state index < -0.39 is 0 Å². The summed E-state index contributed by atoms with van der Waals surface area (Å²) in [5, 5.41) is 5.38. The average Bonchev–Trinajstić information content (AvgIpc) is 2.47. The molecule has 0 aliphatic rings. The van der Waals surface area contributed by atoms with E-state index in [1.54, 1.807) is 11.8 Å². The van der Waals surface area contributed by atoms with E-state index in [0.29, 0.717) is 0 Å². The highest BCUT2D eigenvalue weighted by Gasteiger charge is 1.98. The van der Waals surface area contributed by atoms with Gasteiger partial charge in [-0.1, -0.05) is 6.07 Å². The Morgan fingerprint density at radius 2 is 2.25 bits per heavy atom. The zero-order valence-electron chi connectivity index (χ0n) is 7.11. The largest absolute Gasteiger partial charge is 0.268 e. The number of nitrogens with zero attached hydrogens (tertiary/aromatic N) is 2. The van der Waals surface area contributed by atoms with Gasteiger partial charge in [-0.25, -0.2) is 0 Å². The smallest absolute Gasteiger partial charge is 0.0690 e. The molecule has 3 heteroatoms. The molecule has 0 atom stereocenters. The molecule has 0 N–H and O–H groups in total. The molecule has 0 radical (unpaired) electrons. The van der Waals surface area contributed by atoms with Crippen LogP contribution in [0.3, 0.4) is 0 Å². The maximum atomic E-state index is 4.18. The summed E-state index contributed by atoms with van der Waals surface area (Å²) in [6, 6.07) is 6.38. The van der Waals surface area contributed by atoms with Crippen LogP contribution in [-0.2, 0) is 7.05 Å². The molecule has 0 bridgehead atoms. The SMILES string of the molecule is CSc1ccc2cnn(C)c2c1. The summed E-state index contributed by atoms with van der Waals surface area (Å²) in [7, 11) is 1.96. The minimum Gasteiger partial charge on any atom is -0.268 e. The quantitative estimate of drug-likeness (QED) is 0.623. The molecule has 1 aromatic carbocycles. The van der Waals surface area contributed by atoms with Crippen molar-refractivity contribution in [2.24, 2.45) is 7.05 Å². The van der Waals surface area contributed by atoms with Crippen LogP contribution in [0.15, 0.2) is 29.3 Å². The molecule has 2 rings (SSSR count). The van der Waals surface area contributed by atoms with E-state index in [1.807, 2.05) is 17.9 Å². The molecular weight excluding hydrogens is 168 g/mol. The molecule has 0 unspecified atom stereocenters. The van der Waals surface area contributed by atoms with Gasteiger partial charge in [0.25, 0.3) is 0 Å². The number of hydrogen-bond acceptors (Lipinski definition) is 2. The van der Waals surface area contributed by atoms with Crippen molar-refractivity contribution in [3.05, 3.63) is 24.4 Å². The van der Waals surface area contributed by atoms with E-state index >= 15 is 0 Å². The van der Waals surface area contributed by atoms with Gasteiger partial charge in [0.15, 0.2) is 0 Å². The van der Waals surface area contributed by atoms with Gasteiger partial charge in [0.1, 0.15) is 0 Å². The first-order valence-corrected chi connectivity index (χ1v) is 4.99. The van der Waals surface area contributed by atoms with Gasteiger partial charge in [-0.2, -0.15) is 5.10 Å². The van der Waals surface area contributed by atoms with Crippen molar-refractivity contribution in [1.82, 2.24) is 9.78 Å². The van der Waals surface area contributed by atoms with Crippen molar-refractivity contribution >= 4 is 22.7 Å². The minimum atomic E-state index is 1.20. The number of rotatable bonds is 1. The summed E-state index contributed by atoms with van der Waals surface area (Å²) in [6.45, 7) is 0. The van der Waals surface area contributed by atoms with Crippen LogP contribution in [0.2, 0.25) is 0 Å². The highest BCUT2D eigenvalue weighted by atomic mass is 32.2. The Bertz CT molecular complexity index is 406. The van der Waals surface area contributed by atoms with Crippen molar-refractivity contribution in [1.29, 1.82) is 0 Å². The van der Waals surface area contributed by atoms with Crippen LogP contribution >= 0.6 is 11.8 Å². The zero-order chi connectivity index (χ0) is 8.55. The van der Waals surface area contributed by atoms with E-state index in [4.69, 9.17) is 0 Å². The van der Waals surface area contributed by atoms with Crippen LogP contribution in [0.25, 0.3) is 10.9 Å². The van der Waals surface area contributed by atoms with Crippen molar-refractivity contribution in [3.8, 4) is 0 Å². The fraction of sp³-hybridized carbons (Fsp3) is 0.222. The molecule has 12 heavy (non-hydrogen) atoms. The molecule has 0 spiro atoms. The summed E-state index contributed by atoms with van der Waals surface area (Å²) in [5.74, 6) is 0. The average molecular weight is 178 g/mol. The molecular formula is C9H10N2S. The zero-order valence-corrected chi connectivity index (χ0v) is 7.93. The Labute approximate surface area is 75.6 Å². The lowest BCUT2D eigenvalue weighted by atomic mass is 10.3. The summed E-state index contributed by atoms with van der Waals surface area (Å²) in [6.07, 6.45) is 3.97. The van der Waals surface area contributed by atoms with E-state index in [2.05, 4.69) is 29.6 Å². The molecule has 0 aliphatic carbocycles. The van der Waals surface area contributed by atoms with Crippen LogP contribution < -0.4 is 0 Å². The summed E-state index contributed by atoms with van der Waals surface area (Å²) in [5.41, 5.74) is 1.20. The predicted octanol–water partition coefficient (Wildman–Crippen LogP) is 2.30. The number of aromatic nitrogens is 2. The van der Waals surface area contributed by atoms with Gasteiger partial charge in [-0.3, -0.25) is 4.68 Å². The molecule has 2 nitrogen and oxygen atoms in total. The number of hydrogen-bond donors (Lipinski definition) is 0. The molecule has 2 aromatic rings. The summed E-state index contributed by atoms with van der Waals surface area (Å²) in [4.78, 5) is 1.28. The van der Waals surface area contributed by atoms with Gasteiger partial charge >= 0.3 is 0 Å². The topological polar surface area (TPSA) is 17.8 Å². The number of fused-ring (bicyclic) bond motifs is 1. The first-order valence-electron chi connectivity index (χ1n) is 3.77. The number of aryl methyl sites for hydroxylation is 1. The van der Waals surface area contributed by atoms with Crippen molar-refractivity contribution < 1.29 is 0 Å². The molecule has 1 heterocycles. The Balaban J connectivity index is 2.71. The first kappa shape index (κ1) is 7.68. The molecule has 62 valence electrons.